The van der Waals surface area contributed by atoms with E-state index in [1.54, 1.807) is 0 Å². The fourth-order valence-corrected chi connectivity index (χ4v) is 2.12. The van der Waals surface area contributed by atoms with Crippen molar-refractivity contribution in [2.45, 2.75) is 65.0 Å². The Kier molecular flexibility index (Phi) is 4.36. The van der Waals surface area contributed by atoms with E-state index in [-0.39, 0.29) is 17.4 Å². The van der Waals surface area contributed by atoms with Crippen LogP contribution in [-0.2, 0) is 4.79 Å². The molecule has 0 radical (unpaired) electrons. The summed E-state index contributed by atoms with van der Waals surface area (Å²) in [7, 11) is 0. The zero-order valence-electron chi connectivity index (χ0n) is 11.0. The van der Waals surface area contributed by atoms with Crippen LogP contribution >= 0.6 is 0 Å². The van der Waals surface area contributed by atoms with Gasteiger partial charge in [-0.2, -0.15) is 0 Å². The van der Waals surface area contributed by atoms with Gasteiger partial charge in [-0.3, -0.25) is 4.79 Å². The van der Waals surface area contributed by atoms with Gasteiger partial charge in [0.2, 0.25) is 5.91 Å². The number of amides is 1. The molecule has 3 nitrogen and oxygen atoms in total. The van der Waals surface area contributed by atoms with Crippen LogP contribution in [0.2, 0.25) is 0 Å². The zero-order chi connectivity index (χ0) is 12.3. The van der Waals surface area contributed by atoms with Crippen molar-refractivity contribution in [2.75, 3.05) is 0 Å². The van der Waals surface area contributed by atoms with Crippen molar-refractivity contribution < 1.29 is 4.79 Å². The van der Waals surface area contributed by atoms with Crippen LogP contribution < -0.4 is 11.1 Å². The van der Waals surface area contributed by atoms with Crippen LogP contribution in [0.5, 0.6) is 0 Å². The standard InChI is InChI=1S/C13H26N2O/c1-9(2)10(3)12(16)15-13(4)7-5-11(14)6-8-13/h9-11H,5-8,14H2,1-4H3,(H,15,16). The lowest BCUT2D eigenvalue weighted by Gasteiger charge is -2.38. The Balaban J connectivity index is 2.50. The maximum atomic E-state index is 12.0. The van der Waals surface area contributed by atoms with Crippen molar-refractivity contribution in [1.29, 1.82) is 0 Å². The average Bonchev–Trinajstić information content (AvgIpc) is 2.21. The van der Waals surface area contributed by atoms with Gasteiger partial charge in [-0.05, 0) is 38.5 Å². The van der Waals surface area contributed by atoms with Gasteiger partial charge in [0.1, 0.15) is 0 Å². The van der Waals surface area contributed by atoms with Crippen LogP contribution in [0, 0.1) is 11.8 Å². The maximum absolute atomic E-state index is 12.0. The van der Waals surface area contributed by atoms with Gasteiger partial charge < -0.3 is 11.1 Å². The van der Waals surface area contributed by atoms with E-state index in [0.29, 0.717) is 12.0 Å². The monoisotopic (exact) mass is 226 g/mol. The van der Waals surface area contributed by atoms with Crippen molar-refractivity contribution >= 4 is 5.91 Å². The molecule has 1 unspecified atom stereocenters. The summed E-state index contributed by atoms with van der Waals surface area (Å²) >= 11 is 0. The molecular weight excluding hydrogens is 200 g/mol. The second kappa shape index (κ2) is 5.17. The van der Waals surface area contributed by atoms with Crippen LogP contribution in [0.25, 0.3) is 0 Å². The fourth-order valence-electron chi connectivity index (χ4n) is 2.12. The first kappa shape index (κ1) is 13.5. The molecule has 1 saturated carbocycles. The molecule has 3 heteroatoms. The van der Waals surface area contributed by atoms with Gasteiger partial charge in [0.05, 0.1) is 0 Å². The van der Waals surface area contributed by atoms with Crippen LogP contribution in [0.1, 0.15) is 53.4 Å². The summed E-state index contributed by atoms with van der Waals surface area (Å²) < 4.78 is 0. The summed E-state index contributed by atoms with van der Waals surface area (Å²) in [6.45, 7) is 8.31. The van der Waals surface area contributed by atoms with Crippen LogP contribution in [-0.4, -0.2) is 17.5 Å². The van der Waals surface area contributed by atoms with E-state index < -0.39 is 0 Å². The normalized spacial score (nSPS) is 32.5. The number of nitrogens with one attached hydrogen (secondary N) is 1. The van der Waals surface area contributed by atoms with E-state index >= 15 is 0 Å². The molecule has 3 N–H and O–H groups in total. The summed E-state index contributed by atoms with van der Waals surface area (Å²) in [5, 5.41) is 3.20. The lowest BCUT2D eigenvalue weighted by Crippen LogP contribution is -2.52. The molecule has 0 bridgehead atoms. The highest BCUT2D eigenvalue weighted by Gasteiger charge is 2.32. The minimum absolute atomic E-state index is 0.0316. The number of hydrogen-bond acceptors (Lipinski definition) is 2. The average molecular weight is 226 g/mol. The van der Waals surface area contributed by atoms with E-state index in [2.05, 4.69) is 26.1 Å². The first-order chi connectivity index (χ1) is 7.34. The summed E-state index contributed by atoms with van der Waals surface area (Å²) in [6, 6.07) is 0.326. The zero-order valence-corrected chi connectivity index (χ0v) is 11.0. The van der Waals surface area contributed by atoms with E-state index in [1.165, 1.54) is 0 Å². The second-order valence-electron chi connectivity index (χ2n) is 5.92. The van der Waals surface area contributed by atoms with Gasteiger partial charge in [0.15, 0.2) is 0 Å². The Morgan fingerprint density at radius 1 is 1.31 bits per heavy atom. The van der Waals surface area contributed by atoms with Gasteiger partial charge >= 0.3 is 0 Å². The highest BCUT2D eigenvalue weighted by atomic mass is 16.2. The Morgan fingerprint density at radius 3 is 2.25 bits per heavy atom. The molecule has 0 spiro atoms. The highest BCUT2D eigenvalue weighted by Crippen LogP contribution is 2.27. The van der Waals surface area contributed by atoms with Gasteiger partial charge in [-0.1, -0.05) is 20.8 Å². The molecule has 0 aromatic heterocycles. The number of carbonyl (C=O) groups excluding carboxylic acids is 1. The Hall–Kier alpha value is -0.570. The third kappa shape index (κ3) is 3.48. The summed E-state index contributed by atoms with van der Waals surface area (Å²) in [4.78, 5) is 12.0. The molecule has 1 fully saturated rings. The van der Waals surface area contributed by atoms with Gasteiger partial charge in [-0.15, -0.1) is 0 Å². The molecule has 1 atom stereocenters. The van der Waals surface area contributed by atoms with E-state index in [4.69, 9.17) is 5.73 Å². The molecule has 94 valence electrons. The third-order valence-corrected chi connectivity index (χ3v) is 3.97. The predicted molar refractivity (Wildman–Crippen MR) is 67.0 cm³/mol. The molecule has 1 aliphatic rings. The van der Waals surface area contributed by atoms with E-state index in [9.17, 15) is 4.79 Å². The molecule has 0 aromatic carbocycles. The predicted octanol–water partition coefficient (Wildman–Crippen LogP) is 2.05. The minimum Gasteiger partial charge on any atom is -0.351 e. The van der Waals surface area contributed by atoms with Gasteiger partial charge in [0.25, 0.3) is 0 Å². The number of carbonyl (C=O) groups is 1. The summed E-state index contributed by atoms with van der Waals surface area (Å²) in [6.07, 6.45) is 4.05. The Labute approximate surface area is 99.2 Å². The van der Waals surface area contributed by atoms with E-state index in [1.807, 2.05) is 6.92 Å². The molecule has 1 amide bonds. The number of hydrogen-bond donors (Lipinski definition) is 2. The molecule has 1 rings (SSSR count). The topological polar surface area (TPSA) is 55.1 Å². The molecule has 1 aliphatic carbocycles. The van der Waals surface area contributed by atoms with Crippen LogP contribution in [0.4, 0.5) is 0 Å². The smallest absolute Gasteiger partial charge is 0.223 e. The lowest BCUT2D eigenvalue weighted by molar-refractivity contribution is -0.128. The Morgan fingerprint density at radius 2 is 1.81 bits per heavy atom. The first-order valence-corrected chi connectivity index (χ1v) is 6.42. The van der Waals surface area contributed by atoms with Crippen LogP contribution in [0.3, 0.4) is 0 Å². The SMILES string of the molecule is CC(C)C(C)C(=O)NC1(C)CCC(N)CC1. The maximum Gasteiger partial charge on any atom is 0.223 e. The number of rotatable bonds is 3. The Bertz CT molecular complexity index is 242. The molecule has 0 aliphatic heterocycles. The molecule has 0 aromatic rings. The van der Waals surface area contributed by atoms with Crippen molar-refractivity contribution in [1.82, 2.24) is 5.32 Å². The van der Waals surface area contributed by atoms with Gasteiger partial charge in [0, 0.05) is 17.5 Å². The first-order valence-electron chi connectivity index (χ1n) is 6.42. The molecule has 0 saturated heterocycles. The molecule has 0 heterocycles. The van der Waals surface area contributed by atoms with Crippen molar-refractivity contribution in [3.05, 3.63) is 0 Å². The van der Waals surface area contributed by atoms with Crippen molar-refractivity contribution in [3.8, 4) is 0 Å². The molecule has 16 heavy (non-hydrogen) atoms. The highest BCUT2D eigenvalue weighted by molar-refractivity contribution is 5.79. The fraction of sp³-hybridized carbons (Fsp3) is 0.923. The van der Waals surface area contributed by atoms with Crippen LogP contribution in [0.15, 0.2) is 0 Å². The van der Waals surface area contributed by atoms with E-state index in [0.717, 1.165) is 25.7 Å². The quantitative estimate of drug-likeness (QED) is 0.774. The van der Waals surface area contributed by atoms with Gasteiger partial charge in [-0.25, -0.2) is 0 Å². The summed E-state index contributed by atoms with van der Waals surface area (Å²) in [5.74, 6) is 0.676. The minimum atomic E-state index is -0.0316. The molecular formula is C13H26N2O. The van der Waals surface area contributed by atoms with Crippen molar-refractivity contribution in [2.24, 2.45) is 17.6 Å². The second-order valence-corrected chi connectivity index (χ2v) is 5.92. The van der Waals surface area contributed by atoms with Crippen molar-refractivity contribution in [3.63, 3.8) is 0 Å². The summed E-state index contributed by atoms with van der Waals surface area (Å²) in [5.41, 5.74) is 5.85. The lowest BCUT2D eigenvalue weighted by atomic mass is 9.80. The third-order valence-electron chi connectivity index (χ3n) is 3.97. The number of nitrogens with two attached hydrogens (primary N) is 1. The largest absolute Gasteiger partial charge is 0.351 e.